The van der Waals surface area contributed by atoms with E-state index in [1.165, 1.54) is 12.5 Å². The van der Waals surface area contributed by atoms with Crippen LogP contribution in [0.3, 0.4) is 0 Å². The number of amides is 1. The molecule has 1 heterocycles. The highest BCUT2D eigenvalue weighted by atomic mass is 32.1. The van der Waals surface area contributed by atoms with Gasteiger partial charge < -0.3 is 10.6 Å². The lowest BCUT2D eigenvalue weighted by molar-refractivity contribution is -0.114. The van der Waals surface area contributed by atoms with Crippen molar-refractivity contribution in [2.24, 2.45) is 0 Å². The van der Waals surface area contributed by atoms with Crippen molar-refractivity contribution in [2.75, 3.05) is 10.6 Å². The number of hydrogen-bond acceptors (Lipinski definition) is 3. The molecule has 2 N–H and O–H groups in total. The number of aryl methyl sites for hydroxylation is 1. The van der Waals surface area contributed by atoms with E-state index in [0.717, 1.165) is 23.5 Å². The monoisotopic (exact) mass is 260 g/mol. The summed E-state index contributed by atoms with van der Waals surface area (Å²) in [6.45, 7) is 4.30. The van der Waals surface area contributed by atoms with Crippen LogP contribution >= 0.6 is 11.3 Å². The van der Waals surface area contributed by atoms with Gasteiger partial charge in [0.05, 0.1) is 0 Å². The smallest absolute Gasteiger partial charge is 0.221 e. The largest absolute Gasteiger partial charge is 0.381 e. The van der Waals surface area contributed by atoms with E-state index in [-0.39, 0.29) is 5.91 Å². The van der Waals surface area contributed by atoms with Crippen LogP contribution in [0.25, 0.3) is 0 Å². The summed E-state index contributed by atoms with van der Waals surface area (Å²) in [5.74, 6) is -0.0481. The van der Waals surface area contributed by atoms with E-state index in [4.69, 9.17) is 0 Å². The summed E-state index contributed by atoms with van der Waals surface area (Å²) < 4.78 is 0. The Morgan fingerprint density at radius 3 is 2.83 bits per heavy atom. The molecule has 2 rings (SSSR count). The summed E-state index contributed by atoms with van der Waals surface area (Å²) in [6, 6.07) is 8.08. The molecule has 0 spiro atoms. The number of anilines is 2. The highest BCUT2D eigenvalue weighted by molar-refractivity contribution is 7.07. The second-order valence-electron chi connectivity index (χ2n) is 4.20. The zero-order valence-electron chi connectivity index (χ0n) is 10.5. The Morgan fingerprint density at radius 2 is 2.17 bits per heavy atom. The van der Waals surface area contributed by atoms with Gasteiger partial charge in [-0.1, -0.05) is 6.07 Å². The molecule has 0 bridgehead atoms. The third kappa shape index (κ3) is 3.34. The second kappa shape index (κ2) is 5.69. The molecule has 0 aliphatic rings. The molecule has 4 heteroatoms. The molecule has 0 atom stereocenters. The topological polar surface area (TPSA) is 41.1 Å². The van der Waals surface area contributed by atoms with Crippen molar-refractivity contribution in [3.05, 3.63) is 46.2 Å². The maximum Gasteiger partial charge on any atom is 0.221 e. The van der Waals surface area contributed by atoms with E-state index in [1.54, 1.807) is 11.3 Å². The minimum atomic E-state index is -0.0481. The Morgan fingerprint density at radius 1 is 1.33 bits per heavy atom. The van der Waals surface area contributed by atoms with Gasteiger partial charge in [0.2, 0.25) is 5.91 Å². The third-order valence-corrected chi connectivity index (χ3v) is 3.36. The SMILES string of the molecule is CC(=O)Nc1cc(NCc2ccsc2)ccc1C. The van der Waals surface area contributed by atoms with E-state index in [9.17, 15) is 4.79 Å². The minimum Gasteiger partial charge on any atom is -0.381 e. The average Bonchev–Trinajstić information content (AvgIpc) is 2.82. The molecular formula is C14H16N2OS. The molecule has 0 saturated carbocycles. The molecule has 0 aliphatic heterocycles. The number of thiophene rings is 1. The van der Waals surface area contributed by atoms with Crippen LogP contribution in [0.15, 0.2) is 35.0 Å². The van der Waals surface area contributed by atoms with Gasteiger partial charge in [-0.25, -0.2) is 0 Å². The van der Waals surface area contributed by atoms with E-state index >= 15 is 0 Å². The van der Waals surface area contributed by atoms with Crippen LogP contribution < -0.4 is 10.6 Å². The molecule has 0 fully saturated rings. The lowest BCUT2D eigenvalue weighted by atomic mass is 10.1. The molecule has 18 heavy (non-hydrogen) atoms. The molecule has 0 saturated heterocycles. The van der Waals surface area contributed by atoms with E-state index < -0.39 is 0 Å². The Hall–Kier alpha value is -1.81. The van der Waals surface area contributed by atoms with Gasteiger partial charge in [0.25, 0.3) is 0 Å². The van der Waals surface area contributed by atoms with Crippen molar-refractivity contribution >= 4 is 28.6 Å². The van der Waals surface area contributed by atoms with Gasteiger partial charge in [-0.15, -0.1) is 0 Å². The van der Waals surface area contributed by atoms with Crippen LogP contribution in [-0.4, -0.2) is 5.91 Å². The average molecular weight is 260 g/mol. The first-order chi connectivity index (χ1) is 8.65. The first kappa shape index (κ1) is 12.6. The summed E-state index contributed by atoms with van der Waals surface area (Å²) in [5.41, 5.74) is 4.20. The Bertz CT molecular complexity index is 535. The fourth-order valence-electron chi connectivity index (χ4n) is 1.65. The lowest BCUT2D eigenvalue weighted by Crippen LogP contribution is -2.08. The first-order valence-electron chi connectivity index (χ1n) is 5.78. The summed E-state index contributed by atoms with van der Waals surface area (Å²) >= 11 is 1.69. The maximum absolute atomic E-state index is 11.1. The number of benzene rings is 1. The predicted molar refractivity (Wildman–Crippen MR) is 77.1 cm³/mol. The van der Waals surface area contributed by atoms with Gasteiger partial charge in [-0.3, -0.25) is 4.79 Å². The number of nitrogens with one attached hydrogen (secondary N) is 2. The van der Waals surface area contributed by atoms with Gasteiger partial charge in [0, 0.05) is 24.8 Å². The highest BCUT2D eigenvalue weighted by Crippen LogP contribution is 2.21. The molecule has 1 aromatic heterocycles. The van der Waals surface area contributed by atoms with Gasteiger partial charge in [-0.2, -0.15) is 11.3 Å². The van der Waals surface area contributed by atoms with Crippen molar-refractivity contribution in [1.29, 1.82) is 0 Å². The van der Waals surface area contributed by atoms with E-state index in [2.05, 4.69) is 27.5 Å². The van der Waals surface area contributed by atoms with Crippen molar-refractivity contribution in [3.8, 4) is 0 Å². The quantitative estimate of drug-likeness (QED) is 0.881. The molecule has 3 nitrogen and oxygen atoms in total. The maximum atomic E-state index is 11.1. The lowest BCUT2D eigenvalue weighted by Gasteiger charge is -2.10. The fraction of sp³-hybridized carbons (Fsp3) is 0.214. The van der Waals surface area contributed by atoms with Gasteiger partial charge in [0.1, 0.15) is 0 Å². The predicted octanol–water partition coefficient (Wildman–Crippen LogP) is 3.63. The Balaban J connectivity index is 2.06. The normalized spacial score (nSPS) is 10.1. The fourth-order valence-corrected chi connectivity index (χ4v) is 2.32. The molecule has 1 amide bonds. The van der Waals surface area contributed by atoms with Gasteiger partial charge in [0.15, 0.2) is 0 Å². The molecule has 2 aromatic rings. The van der Waals surface area contributed by atoms with Crippen LogP contribution in [0.2, 0.25) is 0 Å². The number of carbonyl (C=O) groups excluding carboxylic acids is 1. The highest BCUT2D eigenvalue weighted by Gasteiger charge is 2.02. The molecule has 0 aliphatic carbocycles. The van der Waals surface area contributed by atoms with Crippen molar-refractivity contribution < 1.29 is 4.79 Å². The van der Waals surface area contributed by atoms with E-state index in [0.29, 0.717) is 0 Å². The molecule has 1 aromatic carbocycles. The number of carbonyl (C=O) groups is 1. The summed E-state index contributed by atoms with van der Waals surface area (Å²) in [7, 11) is 0. The van der Waals surface area contributed by atoms with Crippen LogP contribution in [0.1, 0.15) is 18.1 Å². The standard InChI is InChI=1S/C14H16N2OS/c1-10-3-4-13(7-14(10)16-11(2)17)15-8-12-5-6-18-9-12/h3-7,9,15H,8H2,1-2H3,(H,16,17). The Kier molecular flexibility index (Phi) is 3.99. The van der Waals surface area contributed by atoms with E-state index in [1.807, 2.05) is 25.1 Å². The minimum absolute atomic E-state index is 0.0481. The second-order valence-corrected chi connectivity index (χ2v) is 4.98. The van der Waals surface area contributed by atoms with Crippen LogP contribution in [-0.2, 0) is 11.3 Å². The van der Waals surface area contributed by atoms with Crippen LogP contribution in [0, 0.1) is 6.92 Å². The summed E-state index contributed by atoms with van der Waals surface area (Å²) in [5, 5.41) is 10.4. The van der Waals surface area contributed by atoms with Crippen LogP contribution in [0.5, 0.6) is 0 Å². The number of hydrogen-bond donors (Lipinski definition) is 2. The summed E-state index contributed by atoms with van der Waals surface area (Å²) in [6.07, 6.45) is 0. The number of rotatable bonds is 4. The van der Waals surface area contributed by atoms with Crippen molar-refractivity contribution in [2.45, 2.75) is 20.4 Å². The first-order valence-corrected chi connectivity index (χ1v) is 6.72. The molecule has 0 radical (unpaired) electrons. The zero-order chi connectivity index (χ0) is 13.0. The van der Waals surface area contributed by atoms with Gasteiger partial charge in [-0.05, 0) is 47.0 Å². The zero-order valence-corrected chi connectivity index (χ0v) is 11.3. The molecule has 0 unspecified atom stereocenters. The van der Waals surface area contributed by atoms with Gasteiger partial charge >= 0.3 is 0 Å². The van der Waals surface area contributed by atoms with Crippen LogP contribution in [0.4, 0.5) is 11.4 Å². The molecular weight excluding hydrogens is 244 g/mol. The molecule has 94 valence electrons. The Labute approximate surface area is 111 Å². The van der Waals surface area contributed by atoms with Crippen molar-refractivity contribution in [1.82, 2.24) is 0 Å². The van der Waals surface area contributed by atoms with Crippen molar-refractivity contribution in [3.63, 3.8) is 0 Å². The summed E-state index contributed by atoms with van der Waals surface area (Å²) in [4.78, 5) is 11.1. The third-order valence-electron chi connectivity index (χ3n) is 2.63.